The maximum absolute atomic E-state index is 10.7. The summed E-state index contributed by atoms with van der Waals surface area (Å²) in [6.45, 7) is 2.99. The van der Waals surface area contributed by atoms with Crippen LogP contribution in [-0.2, 0) is 6.42 Å². The molecule has 0 amide bonds. The van der Waals surface area contributed by atoms with Crippen LogP contribution in [0.1, 0.15) is 56.2 Å². The third-order valence-corrected chi connectivity index (χ3v) is 5.70. The van der Waals surface area contributed by atoms with Gasteiger partial charge in [-0.25, -0.2) is 0 Å². The molecule has 0 heterocycles. The first-order valence-corrected chi connectivity index (χ1v) is 8.60. The van der Waals surface area contributed by atoms with E-state index in [9.17, 15) is 5.11 Å². The summed E-state index contributed by atoms with van der Waals surface area (Å²) in [6.07, 6.45) is 6.58. The summed E-state index contributed by atoms with van der Waals surface area (Å²) in [6, 6.07) is 6.86. The molecule has 1 fully saturated rings. The molecule has 0 spiro atoms. The van der Waals surface area contributed by atoms with Crippen LogP contribution in [0.25, 0.3) is 0 Å². The molecule has 3 unspecified atom stereocenters. The van der Waals surface area contributed by atoms with Gasteiger partial charge in [0.25, 0.3) is 0 Å². The van der Waals surface area contributed by atoms with Crippen LogP contribution in [-0.4, -0.2) is 17.3 Å². The monoisotopic (exact) mass is 337 g/mol. The fourth-order valence-electron chi connectivity index (χ4n) is 3.93. The molecule has 1 aromatic rings. The van der Waals surface area contributed by atoms with Gasteiger partial charge in [0.1, 0.15) is 0 Å². The van der Waals surface area contributed by atoms with E-state index in [0.29, 0.717) is 12.0 Å². The first kappa shape index (κ1) is 14.6. The zero-order chi connectivity index (χ0) is 14.2. The Hall–Kier alpha value is -0.380. The van der Waals surface area contributed by atoms with Crippen molar-refractivity contribution in [2.45, 2.75) is 57.1 Å². The van der Waals surface area contributed by atoms with Crippen LogP contribution in [0.15, 0.2) is 22.7 Å². The predicted octanol–water partition coefficient (Wildman–Crippen LogP) is 3.97. The van der Waals surface area contributed by atoms with E-state index in [1.807, 2.05) is 0 Å². The number of aliphatic hydroxyl groups is 1. The Balaban J connectivity index is 1.65. The van der Waals surface area contributed by atoms with Gasteiger partial charge in [-0.3, -0.25) is 0 Å². The van der Waals surface area contributed by atoms with Gasteiger partial charge < -0.3 is 10.4 Å². The zero-order valence-electron chi connectivity index (χ0n) is 12.2. The van der Waals surface area contributed by atoms with E-state index in [0.717, 1.165) is 38.6 Å². The Labute approximate surface area is 130 Å². The summed E-state index contributed by atoms with van der Waals surface area (Å²) in [7, 11) is 0. The molecular formula is C17H24BrNO. The van der Waals surface area contributed by atoms with Crippen LogP contribution in [0.4, 0.5) is 0 Å². The summed E-state index contributed by atoms with van der Waals surface area (Å²) >= 11 is 3.64. The molecule has 2 aliphatic carbocycles. The minimum atomic E-state index is -0.494. The van der Waals surface area contributed by atoms with Crippen molar-refractivity contribution < 1.29 is 5.11 Å². The average molecular weight is 338 g/mol. The molecule has 0 saturated heterocycles. The lowest BCUT2D eigenvalue weighted by atomic mass is 9.79. The van der Waals surface area contributed by atoms with E-state index < -0.39 is 5.60 Å². The van der Waals surface area contributed by atoms with Crippen molar-refractivity contribution >= 4 is 15.9 Å². The second kappa shape index (κ2) is 5.78. The Kier molecular flexibility index (Phi) is 4.21. The third kappa shape index (κ3) is 2.95. The highest BCUT2D eigenvalue weighted by atomic mass is 79.9. The Morgan fingerprint density at radius 2 is 2.25 bits per heavy atom. The second-order valence-electron chi connectivity index (χ2n) is 6.71. The number of fused-ring (bicyclic) bond motifs is 1. The highest BCUT2D eigenvalue weighted by molar-refractivity contribution is 9.10. The third-order valence-electron chi connectivity index (χ3n) is 4.96. The van der Waals surface area contributed by atoms with Gasteiger partial charge in [-0.1, -0.05) is 47.8 Å². The summed E-state index contributed by atoms with van der Waals surface area (Å²) in [4.78, 5) is 0. The molecule has 20 heavy (non-hydrogen) atoms. The molecule has 2 N–H and O–H groups in total. The molecule has 1 aromatic carbocycles. The molecule has 2 aliphatic rings. The van der Waals surface area contributed by atoms with Crippen LogP contribution in [0, 0.1) is 5.92 Å². The fourth-order valence-corrected chi connectivity index (χ4v) is 4.51. The number of nitrogens with one attached hydrogen (secondary N) is 1. The number of halogens is 1. The molecule has 1 saturated carbocycles. The highest BCUT2D eigenvalue weighted by Crippen LogP contribution is 2.37. The normalized spacial score (nSPS) is 33.1. The van der Waals surface area contributed by atoms with Gasteiger partial charge in [0.2, 0.25) is 0 Å². The molecule has 0 aromatic heterocycles. The van der Waals surface area contributed by atoms with Gasteiger partial charge in [-0.15, -0.1) is 0 Å². The number of hydrogen-bond donors (Lipinski definition) is 2. The van der Waals surface area contributed by atoms with Gasteiger partial charge in [0, 0.05) is 17.1 Å². The second-order valence-corrected chi connectivity index (χ2v) is 7.56. The van der Waals surface area contributed by atoms with Crippen LogP contribution in [0.3, 0.4) is 0 Å². The Bertz CT molecular complexity index is 490. The van der Waals surface area contributed by atoms with Crippen molar-refractivity contribution in [3.05, 3.63) is 33.8 Å². The quantitative estimate of drug-likeness (QED) is 0.874. The minimum absolute atomic E-state index is 0.406. The van der Waals surface area contributed by atoms with Crippen molar-refractivity contribution in [1.82, 2.24) is 5.32 Å². The standard InChI is InChI=1S/C17H24BrNO/c1-12-4-3-9-17(20,10-12)11-19-16-8-7-13-14(16)5-2-6-15(13)18/h2,5-6,12,16,19-20H,3-4,7-11H2,1H3. The summed E-state index contributed by atoms with van der Waals surface area (Å²) in [5.41, 5.74) is 2.35. The number of hydrogen-bond acceptors (Lipinski definition) is 2. The molecule has 2 nitrogen and oxygen atoms in total. The van der Waals surface area contributed by atoms with Crippen molar-refractivity contribution in [2.24, 2.45) is 5.92 Å². The van der Waals surface area contributed by atoms with E-state index in [1.54, 1.807) is 0 Å². The lowest BCUT2D eigenvalue weighted by Gasteiger charge is -2.36. The van der Waals surface area contributed by atoms with E-state index >= 15 is 0 Å². The van der Waals surface area contributed by atoms with Crippen LogP contribution < -0.4 is 5.32 Å². The first-order chi connectivity index (χ1) is 9.57. The van der Waals surface area contributed by atoms with Crippen LogP contribution in [0.2, 0.25) is 0 Å². The molecular weight excluding hydrogens is 314 g/mol. The summed E-state index contributed by atoms with van der Waals surface area (Å²) < 4.78 is 1.23. The average Bonchev–Trinajstić information content (AvgIpc) is 2.81. The predicted molar refractivity (Wildman–Crippen MR) is 85.8 cm³/mol. The van der Waals surface area contributed by atoms with Crippen LogP contribution in [0.5, 0.6) is 0 Å². The van der Waals surface area contributed by atoms with E-state index in [-0.39, 0.29) is 0 Å². The number of benzene rings is 1. The maximum atomic E-state index is 10.7. The molecule has 110 valence electrons. The van der Waals surface area contributed by atoms with Gasteiger partial charge in [0.15, 0.2) is 0 Å². The Morgan fingerprint density at radius 1 is 1.40 bits per heavy atom. The maximum Gasteiger partial charge on any atom is 0.0774 e. The summed E-state index contributed by atoms with van der Waals surface area (Å²) in [5.74, 6) is 0.653. The molecule has 3 heteroatoms. The van der Waals surface area contributed by atoms with Gasteiger partial charge in [-0.2, -0.15) is 0 Å². The largest absolute Gasteiger partial charge is 0.389 e. The molecule has 3 atom stereocenters. The highest BCUT2D eigenvalue weighted by Gasteiger charge is 2.34. The lowest BCUT2D eigenvalue weighted by molar-refractivity contribution is -0.0137. The first-order valence-electron chi connectivity index (χ1n) is 7.80. The van der Waals surface area contributed by atoms with Gasteiger partial charge in [0.05, 0.1) is 5.60 Å². The van der Waals surface area contributed by atoms with Crippen LogP contribution >= 0.6 is 15.9 Å². The zero-order valence-corrected chi connectivity index (χ0v) is 13.7. The summed E-state index contributed by atoms with van der Waals surface area (Å²) in [5, 5.41) is 14.4. The molecule has 3 rings (SSSR count). The fraction of sp³-hybridized carbons (Fsp3) is 0.647. The smallest absolute Gasteiger partial charge is 0.0774 e. The topological polar surface area (TPSA) is 32.3 Å². The molecule has 0 radical (unpaired) electrons. The molecule has 0 aliphatic heterocycles. The van der Waals surface area contributed by atoms with E-state index in [4.69, 9.17) is 0 Å². The van der Waals surface area contributed by atoms with E-state index in [2.05, 4.69) is 46.4 Å². The van der Waals surface area contributed by atoms with Gasteiger partial charge in [-0.05, 0) is 48.8 Å². The van der Waals surface area contributed by atoms with Crippen molar-refractivity contribution in [1.29, 1.82) is 0 Å². The SMILES string of the molecule is CC1CCCC(O)(CNC2CCc3c(Br)cccc32)C1. The Morgan fingerprint density at radius 3 is 3.05 bits per heavy atom. The lowest BCUT2D eigenvalue weighted by Crippen LogP contribution is -2.44. The van der Waals surface area contributed by atoms with Crippen molar-refractivity contribution in [2.75, 3.05) is 6.54 Å². The molecule has 0 bridgehead atoms. The van der Waals surface area contributed by atoms with Crippen molar-refractivity contribution in [3.8, 4) is 0 Å². The minimum Gasteiger partial charge on any atom is -0.389 e. The number of rotatable bonds is 3. The van der Waals surface area contributed by atoms with E-state index in [1.165, 1.54) is 22.0 Å². The van der Waals surface area contributed by atoms with Gasteiger partial charge >= 0.3 is 0 Å². The van der Waals surface area contributed by atoms with Crippen molar-refractivity contribution in [3.63, 3.8) is 0 Å².